The van der Waals surface area contributed by atoms with Crippen molar-refractivity contribution in [2.45, 2.75) is 26.3 Å². The average molecular weight is 428 g/mol. The van der Waals surface area contributed by atoms with Gasteiger partial charge in [0.1, 0.15) is 0 Å². The quantitative estimate of drug-likeness (QED) is 0.630. The molecule has 2 heterocycles. The first-order valence-electron chi connectivity index (χ1n) is 11.6. The Morgan fingerprint density at radius 1 is 0.875 bits per heavy atom. The fraction of sp³-hybridized carbons (Fsp3) is 0.333. The average Bonchev–Trinajstić information content (AvgIpc) is 3.27. The Labute approximate surface area is 189 Å². The number of hydrogen-bond donors (Lipinski definition) is 0. The number of amides is 2. The van der Waals surface area contributed by atoms with Crippen molar-refractivity contribution in [3.05, 3.63) is 77.4 Å². The molecule has 2 aliphatic rings. The highest BCUT2D eigenvalue weighted by molar-refractivity contribution is 5.98. The summed E-state index contributed by atoms with van der Waals surface area (Å²) in [5.41, 5.74) is 4.14. The van der Waals surface area contributed by atoms with E-state index in [9.17, 15) is 9.59 Å². The summed E-state index contributed by atoms with van der Waals surface area (Å²) in [5.74, 6) is 0.239. The zero-order valence-corrected chi connectivity index (χ0v) is 18.6. The first-order valence-corrected chi connectivity index (χ1v) is 11.6. The zero-order valence-electron chi connectivity index (χ0n) is 18.6. The van der Waals surface area contributed by atoms with Gasteiger partial charge in [0.2, 0.25) is 5.91 Å². The maximum Gasteiger partial charge on any atom is 0.253 e. The van der Waals surface area contributed by atoms with E-state index in [0.29, 0.717) is 13.0 Å². The van der Waals surface area contributed by atoms with E-state index in [1.54, 1.807) is 0 Å². The van der Waals surface area contributed by atoms with Crippen LogP contribution >= 0.6 is 0 Å². The molecule has 2 aliphatic heterocycles. The SMILES string of the molecule is CCC(=O)N1CCc2cc(C(=O)N3CCN(Cc4cccc5ccccc45)CC3)ccc21. The van der Waals surface area contributed by atoms with Gasteiger partial charge in [-0.15, -0.1) is 0 Å². The molecular weight excluding hydrogens is 398 g/mol. The molecule has 0 aromatic heterocycles. The van der Waals surface area contributed by atoms with Gasteiger partial charge in [-0.25, -0.2) is 0 Å². The number of rotatable bonds is 4. The molecule has 5 rings (SSSR count). The lowest BCUT2D eigenvalue weighted by Gasteiger charge is -2.35. The van der Waals surface area contributed by atoms with E-state index < -0.39 is 0 Å². The summed E-state index contributed by atoms with van der Waals surface area (Å²) in [7, 11) is 0. The number of carbonyl (C=O) groups is 2. The van der Waals surface area contributed by atoms with Gasteiger partial charge in [0.05, 0.1) is 0 Å². The van der Waals surface area contributed by atoms with E-state index in [4.69, 9.17) is 0 Å². The highest BCUT2D eigenvalue weighted by atomic mass is 16.2. The lowest BCUT2D eigenvalue weighted by Crippen LogP contribution is -2.48. The molecule has 0 saturated carbocycles. The summed E-state index contributed by atoms with van der Waals surface area (Å²) >= 11 is 0. The second-order valence-corrected chi connectivity index (χ2v) is 8.70. The standard InChI is InChI=1S/C27H29N3O2/c1-2-26(31)30-13-12-21-18-22(10-11-25(21)30)27(32)29-16-14-28(15-17-29)19-23-8-5-7-20-6-3-4-9-24(20)23/h3-11,18H,2,12-17,19H2,1H3. The monoisotopic (exact) mass is 427 g/mol. The summed E-state index contributed by atoms with van der Waals surface area (Å²) in [4.78, 5) is 31.5. The Hall–Kier alpha value is -3.18. The maximum absolute atomic E-state index is 13.1. The molecule has 2 amide bonds. The molecule has 0 spiro atoms. The number of fused-ring (bicyclic) bond motifs is 2. The van der Waals surface area contributed by atoms with Gasteiger partial charge in [-0.2, -0.15) is 0 Å². The molecule has 3 aromatic carbocycles. The van der Waals surface area contributed by atoms with Crippen LogP contribution in [0.1, 0.15) is 34.8 Å². The highest BCUT2D eigenvalue weighted by Gasteiger charge is 2.27. The lowest BCUT2D eigenvalue weighted by atomic mass is 10.0. The molecular formula is C27H29N3O2. The molecule has 32 heavy (non-hydrogen) atoms. The summed E-state index contributed by atoms with van der Waals surface area (Å²) in [6, 6.07) is 20.8. The van der Waals surface area contributed by atoms with Crippen LogP contribution in [0.3, 0.4) is 0 Å². The van der Waals surface area contributed by atoms with Crippen LogP contribution in [0, 0.1) is 0 Å². The Morgan fingerprint density at radius 3 is 2.47 bits per heavy atom. The smallest absolute Gasteiger partial charge is 0.253 e. The highest BCUT2D eigenvalue weighted by Crippen LogP contribution is 2.30. The van der Waals surface area contributed by atoms with Crippen molar-refractivity contribution in [2.24, 2.45) is 0 Å². The number of carbonyl (C=O) groups excluding carboxylic acids is 2. The van der Waals surface area contributed by atoms with E-state index in [0.717, 1.165) is 56.0 Å². The minimum absolute atomic E-state index is 0.0953. The van der Waals surface area contributed by atoms with Crippen LogP contribution < -0.4 is 4.90 Å². The zero-order chi connectivity index (χ0) is 22.1. The fourth-order valence-electron chi connectivity index (χ4n) is 4.95. The second kappa shape index (κ2) is 8.75. The predicted octanol–water partition coefficient (Wildman–Crippen LogP) is 4.10. The van der Waals surface area contributed by atoms with Crippen LogP contribution in [0.2, 0.25) is 0 Å². The van der Waals surface area contributed by atoms with Crippen molar-refractivity contribution in [2.75, 3.05) is 37.6 Å². The second-order valence-electron chi connectivity index (χ2n) is 8.70. The Kier molecular flexibility index (Phi) is 5.66. The minimum Gasteiger partial charge on any atom is -0.336 e. The third-order valence-electron chi connectivity index (χ3n) is 6.76. The van der Waals surface area contributed by atoms with Gasteiger partial charge in [-0.05, 0) is 46.5 Å². The summed E-state index contributed by atoms with van der Waals surface area (Å²) in [5, 5.41) is 2.58. The molecule has 5 heteroatoms. The van der Waals surface area contributed by atoms with Crippen molar-refractivity contribution >= 4 is 28.3 Å². The predicted molar refractivity (Wildman–Crippen MR) is 128 cm³/mol. The molecule has 1 fully saturated rings. The first kappa shape index (κ1) is 20.7. The van der Waals surface area contributed by atoms with E-state index in [1.165, 1.54) is 16.3 Å². The molecule has 0 aliphatic carbocycles. The van der Waals surface area contributed by atoms with E-state index in [1.807, 2.05) is 34.9 Å². The van der Waals surface area contributed by atoms with Crippen LogP contribution in [0.5, 0.6) is 0 Å². The van der Waals surface area contributed by atoms with Gasteiger partial charge >= 0.3 is 0 Å². The summed E-state index contributed by atoms with van der Waals surface area (Å²) in [6.07, 6.45) is 1.32. The van der Waals surface area contributed by atoms with Gasteiger partial charge in [-0.3, -0.25) is 14.5 Å². The van der Waals surface area contributed by atoms with Crippen LogP contribution in [0.4, 0.5) is 5.69 Å². The van der Waals surface area contributed by atoms with Crippen molar-refractivity contribution in [3.8, 4) is 0 Å². The van der Waals surface area contributed by atoms with Gasteiger partial charge < -0.3 is 9.80 Å². The normalized spacial score (nSPS) is 16.4. The molecule has 5 nitrogen and oxygen atoms in total. The fourth-order valence-corrected chi connectivity index (χ4v) is 4.95. The van der Waals surface area contributed by atoms with Gasteiger partial charge in [0.25, 0.3) is 5.91 Å². The molecule has 0 N–H and O–H groups in total. The van der Waals surface area contributed by atoms with Crippen LogP contribution in [-0.4, -0.2) is 54.3 Å². The topological polar surface area (TPSA) is 43.9 Å². The minimum atomic E-state index is 0.0953. The summed E-state index contributed by atoms with van der Waals surface area (Å²) < 4.78 is 0. The largest absolute Gasteiger partial charge is 0.336 e. The Balaban J connectivity index is 1.23. The number of hydrogen-bond acceptors (Lipinski definition) is 3. The third-order valence-corrected chi connectivity index (χ3v) is 6.76. The maximum atomic E-state index is 13.1. The molecule has 0 bridgehead atoms. The van der Waals surface area contributed by atoms with Gasteiger partial charge in [0, 0.05) is 56.9 Å². The van der Waals surface area contributed by atoms with E-state index >= 15 is 0 Å². The third kappa shape index (κ3) is 3.89. The molecule has 0 radical (unpaired) electrons. The van der Waals surface area contributed by atoms with Gasteiger partial charge in [0.15, 0.2) is 0 Å². The number of nitrogens with zero attached hydrogens (tertiary/aromatic N) is 3. The van der Waals surface area contributed by atoms with Crippen LogP contribution in [0.25, 0.3) is 10.8 Å². The molecule has 0 unspecified atom stereocenters. The first-order chi connectivity index (χ1) is 15.6. The van der Waals surface area contributed by atoms with E-state index in [2.05, 4.69) is 47.4 Å². The molecule has 164 valence electrons. The van der Waals surface area contributed by atoms with Crippen LogP contribution in [0.15, 0.2) is 60.7 Å². The van der Waals surface area contributed by atoms with Crippen molar-refractivity contribution in [1.29, 1.82) is 0 Å². The Bertz CT molecular complexity index is 1160. The molecule has 1 saturated heterocycles. The van der Waals surface area contributed by atoms with E-state index in [-0.39, 0.29) is 11.8 Å². The number of anilines is 1. The number of benzene rings is 3. The summed E-state index contributed by atoms with van der Waals surface area (Å²) in [6.45, 7) is 6.73. The Morgan fingerprint density at radius 2 is 1.66 bits per heavy atom. The van der Waals surface area contributed by atoms with Gasteiger partial charge in [-0.1, -0.05) is 49.4 Å². The molecule has 3 aromatic rings. The van der Waals surface area contributed by atoms with Crippen LogP contribution in [-0.2, 0) is 17.8 Å². The number of piperazine rings is 1. The lowest BCUT2D eigenvalue weighted by molar-refractivity contribution is -0.118. The van der Waals surface area contributed by atoms with Crippen molar-refractivity contribution in [3.63, 3.8) is 0 Å². The van der Waals surface area contributed by atoms with Crippen molar-refractivity contribution in [1.82, 2.24) is 9.80 Å². The molecule has 0 atom stereocenters. The van der Waals surface area contributed by atoms with Crippen molar-refractivity contribution < 1.29 is 9.59 Å².